The molecule has 0 spiro atoms. The molecule has 1 N–H and O–H groups in total. The number of aryl methyl sites for hydroxylation is 1. The highest BCUT2D eigenvalue weighted by Crippen LogP contribution is 2.39. The van der Waals surface area contributed by atoms with Gasteiger partial charge in [-0.3, -0.25) is 4.98 Å². The van der Waals surface area contributed by atoms with Gasteiger partial charge in [0.15, 0.2) is 0 Å². The second-order valence-electron chi connectivity index (χ2n) is 5.41. The van der Waals surface area contributed by atoms with E-state index < -0.39 is 0 Å². The molecule has 0 aliphatic carbocycles. The van der Waals surface area contributed by atoms with Crippen LogP contribution in [0.1, 0.15) is 25.5 Å². The van der Waals surface area contributed by atoms with Crippen LogP contribution in [0.3, 0.4) is 0 Å². The van der Waals surface area contributed by atoms with Gasteiger partial charge in [-0.2, -0.15) is 0 Å². The molecule has 0 unspecified atom stereocenters. The Bertz CT molecular complexity index is 758. The van der Waals surface area contributed by atoms with Crippen LogP contribution in [0, 0.1) is 0 Å². The van der Waals surface area contributed by atoms with Crippen LogP contribution in [0.5, 0.6) is 5.75 Å². The maximum absolute atomic E-state index is 9.82. The van der Waals surface area contributed by atoms with Crippen molar-refractivity contribution in [2.45, 2.75) is 19.8 Å². The molecule has 102 valence electrons. The third-order valence-electron chi connectivity index (χ3n) is 3.74. The van der Waals surface area contributed by atoms with E-state index in [4.69, 9.17) is 0 Å². The molecule has 3 aromatic rings. The van der Waals surface area contributed by atoms with Crippen LogP contribution >= 0.6 is 0 Å². The summed E-state index contributed by atoms with van der Waals surface area (Å²) in [7, 11) is 2.08. The lowest BCUT2D eigenvalue weighted by molar-refractivity contribution is 0.476. The lowest BCUT2D eigenvalue weighted by atomic mass is 9.97. The average molecular weight is 266 g/mol. The van der Waals surface area contributed by atoms with Crippen LogP contribution in [0.15, 0.2) is 42.7 Å². The maximum atomic E-state index is 9.82. The van der Waals surface area contributed by atoms with Crippen molar-refractivity contribution < 1.29 is 5.11 Å². The summed E-state index contributed by atoms with van der Waals surface area (Å²) in [5.41, 5.74) is 4.74. The second-order valence-corrected chi connectivity index (χ2v) is 5.41. The van der Waals surface area contributed by atoms with Gasteiger partial charge in [0.1, 0.15) is 5.75 Å². The van der Waals surface area contributed by atoms with Crippen LogP contribution in [0.2, 0.25) is 0 Å². The van der Waals surface area contributed by atoms with E-state index in [1.54, 1.807) is 18.5 Å². The first kappa shape index (κ1) is 12.7. The predicted molar refractivity (Wildman–Crippen MR) is 81.9 cm³/mol. The monoisotopic (exact) mass is 266 g/mol. The fourth-order valence-electron chi connectivity index (χ4n) is 2.95. The SMILES string of the molecule is CC(C)c1c(-c2ccncc2)c2cc(O)ccc2n1C. The van der Waals surface area contributed by atoms with E-state index in [2.05, 4.69) is 30.4 Å². The summed E-state index contributed by atoms with van der Waals surface area (Å²) in [4.78, 5) is 4.09. The Hall–Kier alpha value is -2.29. The predicted octanol–water partition coefficient (Wildman–Crippen LogP) is 4.07. The minimum absolute atomic E-state index is 0.300. The summed E-state index contributed by atoms with van der Waals surface area (Å²) in [6, 6.07) is 9.59. The number of hydrogen-bond donors (Lipinski definition) is 1. The number of hydrogen-bond acceptors (Lipinski definition) is 2. The van der Waals surface area contributed by atoms with Crippen molar-refractivity contribution in [3.8, 4) is 16.9 Å². The van der Waals surface area contributed by atoms with Crippen molar-refractivity contribution in [1.82, 2.24) is 9.55 Å². The molecule has 1 aromatic carbocycles. The zero-order valence-corrected chi connectivity index (χ0v) is 12.0. The second kappa shape index (κ2) is 4.67. The highest BCUT2D eigenvalue weighted by molar-refractivity contribution is 5.99. The summed E-state index contributed by atoms with van der Waals surface area (Å²) < 4.78 is 2.22. The van der Waals surface area contributed by atoms with E-state index >= 15 is 0 Å². The molecule has 3 rings (SSSR count). The molecule has 2 heterocycles. The summed E-state index contributed by atoms with van der Waals surface area (Å²) >= 11 is 0. The van der Waals surface area contributed by atoms with Gasteiger partial charge in [0.2, 0.25) is 0 Å². The zero-order valence-electron chi connectivity index (χ0n) is 12.0. The van der Waals surface area contributed by atoms with E-state index in [0.29, 0.717) is 11.7 Å². The minimum Gasteiger partial charge on any atom is -0.508 e. The van der Waals surface area contributed by atoms with Crippen molar-refractivity contribution in [3.05, 3.63) is 48.4 Å². The van der Waals surface area contributed by atoms with Gasteiger partial charge in [-0.15, -0.1) is 0 Å². The van der Waals surface area contributed by atoms with Crippen molar-refractivity contribution in [1.29, 1.82) is 0 Å². The number of nitrogens with zero attached hydrogens (tertiary/aromatic N) is 2. The molecule has 0 saturated heterocycles. The topological polar surface area (TPSA) is 38.1 Å². The summed E-state index contributed by atoms with van der Waals surface area (Å²) in [5, 5.41) is 10.9. The van der Waals surface area contributed by atoms with Gasteiger partial charge < -0.3 is 9.67 Å². The Kier molecular flexibility index (Phi) is 2.97. The highest BCUT2D eigenvalue weighted by atomic mass is 16.3. The normalized spacial score (nSPS) is 11.4. The molecule has 0 atom stereocenters. The quantitative estimate of drug-likeness (QED) is 0.759. The molecule has 0 radical (unpaired) electrons. The Balaban J connectivity index is 2.44. The maximum Gasteiger partial charge on any atom is 0.116 e. The van der Waals surface area contributed by atoms with Gasteiger partial charge >= 0.3 is 0 Å². The molecule has 2 aromatic heterocycles. The summed E-state index contributed by atoms with van der Waals surface area (Å²) in [6.45, 7) is 4.39. The first-order chi connectivity index (χ1) is 9.59. The molecule has 0 fully saturated rings. The standard InChI is InChI=1S/C17H18N2O/c1-11(2)17-16(12-6-8-18-9-7-12)14-10-13(20)4-5-15(14)19(17)3/h4-11,20H,1-3H3. The average Bonchev–Trinajstić information content (AvgIpc) is 2.72. The van der Waals surface area contributed by atoms with Crippen LogP contribution in [0.4, 0.5) is 0 Å². The van der Waals surface area contributed by atoms with Gasteiger partial charge in [0, 0.05) is 41.6 Å². The molecule has 0 aliphatic rings. The Morgan fingerprint density at radius 1 is 1.10 bits per heavy atom. The molecule has 0 bridgehead atoms. The number of aromatic nitrogens is 2. The molecule has 3 nitrogen and oxygen atoms in total. The lowest BCUT2D eigenvalue weighted by Gasteiger charge is -2.11. The summed E-state index contributed by atoms with van der Waals surface area (Å²) in [6.07, 6.45) is 3.61. The number of rotatable bonds is 2. The smallest absolute Gasteiger partial charge is 0.116 e. The van der Waals surface area contributed by atoms with Gasteiger partial charge in [0.05, 0.1) is 0 Å². The van der Waals surface area contributed by atoms with Crippen LogP contribution < -0.4 is 0 Å². The number of phenols is 1. The molecule has 3 heteroatoms. The fraction of sp³-hybridized carbons (Fsp3) is 0.235. The van der Waals surface area contributed by atoms with Gasteiger partial charge in [-0.05, 0) is 41.8 Å². The van der Waals surface area contributed by atoms with Crippen LogP contribution in [-0.4, -0.2) is 14.7 Å². The van der Waals surface area contributed by atoms with Crippen LogP contribution in [0.25, 0.3) is 22.0 Å². The molecule has 20 heavy (non-hydrogen) atoms. The van der Waals surface area contributed by atoms with Crippen molar-refractivity contribution in [2.24, 2.45) is 7.05 Å². The fourth-order valence-corrected chi connectivity index (χ4v) is 2.95. The molecule has 0 amide bonds. The largest absolute Gasteiger partial charge is 0.508 e. The van der Waals surface area contributed by atoms with E-state index in [0.717, 1.165) is 16.5 Å². The van der Waals surface area contributed by atoms with E-state index in [1.165, 1.54) is 11.3 Å². The summed E-state index contributed by atoms with van der Waals surface area (Å²) in [5.74, 6) is 0.700. The zero-order chi connectivity index (χ0) is 14.3. The Morgan fingerprint density at radius 3 is 2.45 bits per heavy atom. The van der Waals surface area contributed by atoms with Crippen molar-refractivity contribution in [3.63, 3.8) is 0 Å². The van der Waals surface area contributed by atoms with E-state index in [-0.39, 0.29) is 0 Å². The molecular formula is C17H18N2O. The third kappa shape index (κ3) is 1.86. The number of fused-ring (bicyclic) bond motifs is 1. The lowest BCUT2D eigenvalue weighted by Crippen LogP contribution is -1.99. The first-order valence-electron chi connectivity index (χ1n) is 6.81. The van der Waals surface area contributed by atoms with Crippen LogP contribution in [-0.2, 0) is 7.05 Å². The Labute approximate surface area is 118 Å². The number of benzene rings is 1. The Morgan fingerprint density at radius 2 is 1.80 bits per heavy atom. The highest BCUT2D eigenvalue weighted by Gasteiger charge is 2.19. The first-order valence-corrected chi connectivity index (χ1v) is 6.81. The molecule has 0 saturated carbocycles. The van der Waals surface area contributed by atoms with Gasteiger partial charge in [-0.25, -0.2) is 0 Å². The van der Waals surface area contributed by atoms with E-state index in [1.807, 2.05) is 24.3 Å². The number of phenolic OH excluding ortho intramolecular Hbond substituents is 1. The van der Waals surface area contributed by atoms with Gasteiger partial charge in [-0.1, -0.05) is 13.8 Å². The van der Waals surface area contributed by atoms with Crippen molar-refractivity contribution in [2.75, 3.05) is 0 Å². The van der Waals surface area contributed by atoms with E-state index in [9.17, 15) is 5.11 Å². The molecule has 0 aliphatic heterocycles. The minimum atomic E-state index is 0.300. The molecular weight excluding hydrogens is 248 g/mol. The number of aromatic hydroxyl groups is 1. The number of pyridine rings is 1. The third-order valence-corrected chi connectivity index (χ3v) is 3.74. The van der Waals surface area contributed by atoms with Gasteiger partial charge in [0.25, 0.3) is 0 Å². The van der Waals surface area contributed by atoms with Crippen molar-refractivity contribution >= 4 is 10.9 Å².